The number of amides is 1. The van der Waals surface area contributed by atoms with Crippen LogP contribution in [-0.4, -0.2) is 67.0 Å². The summed E-state index contributed by atoms with van der Waals surface area (Å²) in [5, 5.41) is 0. The minimum Gasteiger partial charge on any atom is -0.379 e. The molecule has 10 nitrogen and oxygen atoms in total. The SMILES string of the molecule is NC(=O)c1ccc(S(=O)(=O)NCCCN2CCOCC2)cc1S(=O)(=O)Nc1ccccc1. The third-order valence-corrected chi connectivity index (χ3v) is 7.77. The summed E-state index contributed by atoms with van der Waals surface area (Å²) in [4.78, 5) is 13.2. The minimum atomic E-state index is -4.27. The van der Waals surface area contributed by atoms with Crippen LogP contribution in [0.2, 0.25) is 0 Å². The number of nitrogens with one attached hydrogen (secondary N) is 2. The molecule has 174 valence electrons. The van der Waals surface area contributed by atoms with E-state index in [1.54, 1.807) is 18.2 Å². The maximum absolute atomic E-state index is 12.9. The van der Waals surface area contributed by atoms with E-state index in [0.29, 0.717) is 26.2 Å². The lowest BCUT2D eigenvalue weighted by atomic mass is 10.2. The number of morpholine rings is 1. The van der Waals surface area contributed by atoms with Crippen LogP contribution in [0.1, 0.15) is 16.8 Å². The van der Waals surface area contributed by atoms with Crippen LogP contribution in [0.25, 0.3) is 0 Å². The Balaban J connectivity index is 1.77. The van der Waals surface area contributed by atoms with E-state index in [-0.39, 0.29) is 22.7 Å². The summed E-state index contributed by atoms with van der Waals surface area (Å²) < 4.78 is 61.3. The van der Waals surface area contributed by atoms with Crippen LogP contribution in [0.4, 0.5) is 5.69 Å². The summed E-state index contributed by atoms with van der Waals surface area (Å²) in [6.07, 6.45) is 0.583. The Hall–Kier alpha value is -2.51. The number of primary amides is 1. The predicted octanol–water partition coefficient (Wildman–Crippen LogP) is 0.587. The lowest BCUT2D eigenvalue weighted by Gasteiger charge is -2.26. The van der Waals surface area contributed by atoms with Gasteiger partial charge in [-0.3, -0.25) is 14.4 Å². The van der Waals surface area contributed by atoms with E-state index in [2.05, 4.69) is 14.3 Å². The molecule has 2 aromatic rings. The third kappa shape index (κ3) is 6.26. The van der Waals surface area contributed by atoms with Crippen LogP contribution < -0.4 is 15.2 Å². The zero-order chi connectivity index (χ0) is 23.2. The van der Waals surface area contributed by atoms with Crippen molar-refractivity contribution < 1.29 is 26.4 Å². The van der Waals surface area contributed by atoms with Gasteiger partial charge in [0.1, 0.15) is 4.90 Å². The zero-order valence-corrected chi connectivity index (χ0v) is 19.0. The van der Waals surface area contributed by atoms with E-state index in [0.717, 1.165) is 31.3 Å². The summed E-state index contributed by atoms with van der Waals surface area (Å²) >= 11 is 0. The fourth-order valence-corrected chi connectivity index (χ4v) is 5.70. The van der Waals surface area contributed by atoms with E-state index in [1.165, 1.54) is 12.1 Å². The van der Waals surface area contributed by atoms with Gasteiger partial charge in [-0.15, -0.1) is 0 Å². The number of nitrogens with two attached hydrogens (primary N) is 1. The molecule has 0 aromatic heterocycles. The molecule has 0 aliphatic carbocycles. The van der Waals surface area contributed by atoms with Gasteiger partial charge >= 0.3 is 0 Å². The van der Waals surface area contributed by atoms with Gasteiger partial charge in [-0.2, -0.15) is 0 Å². The fraction of sp³-hybridized carbons (Fsp3) is 0.350. The largest absolute Gasteiger partial charge is 0.379 e. The summed E-state index contributed by atoms with van der Waals surface area (Å²) in [5.41, 5.74) is 5.28. The molecule has 1 fully saturated rings. The van der Waals surface area contributed by atoms with Gasteiger partial charge < -0.3 is 10.5 Å². The summed E-state index contributed by atoms with van der Waals surface area (Å²) in [6, 6.07) is 11.2. The number of rotatable bonds is 10. The van der Waals surface area contributed by atoms with E-state index in [4.69, 9.17) is 10.5 Å². The van der Waals surface area contributed by atoms with Gasteiger partial charge in [0.2, 0.25) is 15.9 Å². The van der Waals surface area contributed by atoms with Crippen LogP contribution in [0, 0.1) is 0 Å². The topological polar surface area (TPSA) is 148 Å². The molecule has 4 N–H and O–H groups in total. The van der Waals surface area contributed by atoms with Crippen LogP contribution in [0.3, 0.4) is 0 Å². The highest BCUT2D eigenvalue weighted by atomic mass is 32.2. The highest BCUT2D eigenvalue weighted by Gasteiger charge is 2.25. The molecule has 2 aromatic carbocycles. The van der Waals surface area contributed by atoms with Crippen molar-refractivity contribution in [1.82, 2.24) is 9.62 Å². The highest BCUT2D eigenvalue weighted by Crippen LogP contribution is 2.23. The number of sulfonamides is 2. The molecule has 1 saturated heterocycles. The Bertz CT molecular complexity index is 1150. The third-order valence-electron chi connectivity index (χ3n) is 4.89. The number of anilines is 1. The highest BCUT2D eigenvalue weighted by molar-refractivity contribution is 7.93. The van der Waals surface area contributed by atoms with E-state index >= 15 is 0 Å². The first-order valence-corrected chi connectivity index (χ1v) is 13.0. The van der Waals surface area contributed by atoms with Crippen molar-refractivity contribution in [3.63, 3.8) is 0 Å². The molecule has 3 rings (SSSR count). The molecular weight excluding hydrogens is 456 g/mol. The first-order valence-electron chi connectivity index (χ1n) is 10.0. The Kier molecular flexibility index (Phi) is 7.85. The van der Waals surface area contributed by atoms with Gasteiger partial charge in [0.05, 0.1) is 23.7 Å². The Morgan fingerprint density at radius 1 is 1.00 bits per heavy atom. The fourth-order valence-electron chi connectivity index (χ4n) is 3.23. The predicted molar refractivity (Wildman–Crippen MR) is 119 cm³/mol. The number of benzene rings is 2. The normalized spacial score (nSPS) is 15.4. The molecule has 0 saturated carbocycles. The Labute approximate surface area is 187 Å². The molecule has 0 bridgehead atoms. The van der Waals surface area contributed by atoms with Crippen molar-refractivity contribution in [3.8, 4) is 0 Å². The smallest absolute Gasteiger partial charge is 0.262 e. The molecule has 12 heteroatoms. The molecule has 1 amide bonds. The quantitative estimate of drug-likeness (QED) is 0.420. The lowest BCUT2D eigenvalue weighted by molar-refractivity contribution is 0.0376. The van der Waals surface area contributed by atoms with Crippen LogP contribution in [0.5, 0.6) is 0 Å². The average molecular weight is 483 g/mol. The maximum Gasteiger partial charge on any atom is 0.262 e. The monoisotopic (exact) mass is 482 g/mol. The summed E-state index contributed by atoms with van der Waals surface area (Å²) in [7, 11) is -8.27. The van der Waals surface area contributed by atoms with Crippen LogP contribution in [-0.2, 0) is 24.8 Å². The first-order chi connectivity index (χ1) is 15.2. The standard InChI is InChI=1S/C20H26N4O6S2/c21-20(25)18-8-7-17(15-19(18)32(28,29)23-16-5-2-1-3-6-16)31(26,27)22-9-4-10-24-11-13-30-14-12-24/h1-3,5-8,15,22-23H,4,9-14H2,(H2,21,25). The molecule has 32 heavy (non-hydrogen) atoms. The second-order valence-electron chi connectivity index (χ2n) is 7.20. The van der Waals surface area contributed by atoms with Gasteiger partial charge in [-0.1, -0.05) is 18.2 Å². The number of hydrogen-bond donors (Lipinski definition) is 3. The molecule has 0 unspecified atom stereocenters. The second kappa shape index (κ2) is 10.4. The minimum absolute atomic E-state index is 0.182. The molecular formula is C20H26N4O6S2. The lowest BCUT2D eigenvalue weighted by Crippen LogP contribution is -2.38. The average Bonchev–Trinajstić information content (AvgIpc) is 2.77. The van der Waals surface area contributed by atoms with Crippen molar-refractivity contribution in [3.05, 3.63) is 54.1 Å². The molecule has 1 aliphatic heterocycles. The van der Waals surface area contributed by atoms with Crippen LogP contribution in [0.15, 0.2) is 58.3 Å². The number of hydrogen-bond acceptors (Lipinski definition) is 7. The second-order valence-corrected chi connectivity index (χ2v) is 10.6. The van der Waals surface area contributed by atoms with Crippen molar-refractivity contribution in [2.24, 2.45) is 5.73 Å². The number of carbonyl (C=O) groups is 1. The van der Waals surface area contributed by atoms with Gasteiger partial charge in [0.15, 0.2) is 0 Å². The first kappa shape index (κ1) is 24.1. The zero-order valence-electron chi connectivity index (χ0n) is 17.4. The number of para-hydroxylation sites is 1. The van der Waals surface area contributed by atoms with Crippen LogP contribution >= 0.6 is 0 Å². The van der Waals surface area contributed by atoms with Gasteiger partial charge in [0.25, 0.3) is 10.0 Å². The number of ether oxygens (including phenoxy) is 1. The van der Waals surface area contributed by atoms with E-state index < -0.39 is 30.8 Å². The summed E-state index contributed by atoms with van der Waals surface area (Å²) in [5.74, 6) is -0.985. The maximum atomic E-state index is 12.9. The van der Waals surface area contributed by atoms with Crippen molar-refractivity contribution in [1.29, 1.82) is 0 Å². The van der Waals surface area contributed by atoms with Gasteiger partial charge in [-0.05, 0) is 43.3 Å². The van der Waals surface area contributed by atoms with E-state index in [1.807, 2.05) is 0 Å². The van der Waals surface area contributed by atoms with Crippen molar-refractivity contribution in [2.75, 3.05) is 44.1 Å². The van der Waals surface area contributed by atoms with Crippen molar-refractivity contribution >= 4 is 31.6 Å². The molecule has 0 spiro atoms. The molecule has 1 heterocycles. The van der Waals surface area contributed by atoms with Crippen molar-refractivity contribution in [2.45, 2.75) is 16.2 Å². The summed E-state index contributed by atoms with van der Waals surface area (Å²) in [6.45, 7) is 3.82. The number of carbonyl (C=O) groups excluding carboxylic acids is 1. The molecule has 1 aliphatic rings. The molecule has 0 radical (unpaired) electrons. The Morgan fingerprint density at radius 2 is 1.69 bits per heavy atom. The van der Waals surface area contributed by atoms with Gasteiger partial charge in [0, 0.05) is 25.3 Å². The van der Waals surface area contributed by atoms with E-state index in [9.17, 15) is 21.6 Å². The molecule has 0 atom stereocenters. The number of nitrogens with zero attached hydrogens (tertiary/aromatic N) is 1. The van der Waals surface area contributed by atoms with Gasteiger partial charge in [-0.25, -0.2) is 21.6 Å². The Morgan fingerprint density at radius 3 is 2.34 bits per heavy atom.